The number of fused-ring (bicyclic) bond motifs is 2. The Morgan fingerprint density at radius 1 is 1.33 bits per heavy atom. The third kappa shape index (κ3) is 5.02. The first-order chi connectivity index (χ1) is 11.3. The molecule has 3 rings (SSSR count). The van der Waals surface area contributed by atoms with Gasteiger partial charge in [0.25, 0.3) is 0 Å². The van der Waals surface area contributed by atoms with Crippen molar-refractivity contribution in [3.05, 3.63) is 48.2 Å². The summed E-state index contributed by atoms with van der Waals surface area (Å²) in [5.74, 6) is -0.681. The maximum Gasteiger partial charge on any atom is 0.420 e. The van der Waals surface area contributed by atoms with Crippen LogP contribution < -0.4 is 4.74 Å². The highest BCUT2D eigenvalue weighted by atomic mass is 35.5. The Morgan fingerprint density at radius 3 is 2.50 bits per heavy atom. The van der Waals surface area contributed by atoms with Gasteiger partial charge in [-0.15, -0.1) is 0 Å². The molecular formula is C15H11ClF3NO4. The number of halogens is 4. The number of rotatable bonds is 4. The molecule has 1 unspecified atom stereocenters. The van der Waals surface area contributed by atoms with Gasteiger partial charge in [0, 0.05) is 12.3 Å². The monoisotopic (exact) mass is 361 g/mol. The molecule has 0 aliphatic rings. The van der Waals surface area contributed by atoms with Gasteiger partial charge in [-0.25, -0.2) is 4.98 Å². The highest BCUT2D eigenvalue weighted by Gasteiger charge is 2.34. The molecule has 0 saturated heterocycles. The van der Waals surface area contributed by atoms with E-state index in [4.69, 9.17) is 25.9 Å². The average molecular weight is 362 g/mol. The molecular weight excluding hydrogens is 351 g/mol. The lowest BCUT2D eigenvalue weighted by atomic mass is 10.2. The molecule has 3 heterocycles. The maximum absolute atomic E-state index is 12.0. The normalized spacial score (nSPS) is 12.5. The molecule has 3 aromatic rings. The lowest BCUT2D eigenvalue weighted by Crippen LogP contribution is -2.14. The van der Waals surface area contributed by atoms with Gasteiger partial charge in [-0.05, 0) is 24.3 Å². The van der Waals surface area contributed by atoms with Gasteiger partial charge in [0.1, 0.15) is 16.7 Å². The van der Waals surface area contributed by atoms with Crippen molar-refractivity contribution >= 4 is 28.7 Å². The number of carboxylic acids is 1. The second-order valence-electron chi connectivity index (χ2n) is 4.55. The largest absolute Gasteiger partial charge is 0.481 e. The van der Waals surface area contributed by atoms with Gasteiger partial charge < -0.3 is 14.3 Å². The Kier molecular flexibility index (Phi) is 5.50. The van der Waals surface area contributed by atoms with Gasteiger partial charge in [-0.1, -0.05) is 17.7 Å². The van der Waals surface area contributed by atoms with Crippen molar-refractivity contribution in [2.24, 2.45) is 0 Å². The second kappa shape index (κ2) is 7.39. The number of alkyl halides is 4. The Labute approximate surface area is 138 Å². The van der Waals surface area contributed by atoms with Crippen LogP contribution in [0.4, 0.5) is 13.2 Å². The summed E-state index contributed by atoms with van der Waals surface area (Å²) < 4.78 is 45.7. The van der Waals surface area contributed by atoms with Crippen molar-refractivity contribution in [3.8, 4) is 5.88 Å². The second-order valence-corrected chi connectivity index (χ2v) is 5.04. The van der Waals surface area contributed by atoms with Crippen molar-refractivity contribution in [1.82, 2.24) is 4.98 Å². The molecule has 0 amide bonds. The van der Waals surface area contributed by atoms with E-state index in [9.17, 15) is 18.0 Å². The van der Waals surface area contributed by atoms with Crippen LogP contribution in [0.2, 0.25) is 0 Å². The molecule has 2 bridgehead atoms. The van der Waals surface area contributed by atoms with Crippen molar-refractivity contribution in [3.63, 3.8) is 0 Å². The molecule has 128 valence electrons. The van der Waals surface area contributed by atoms with E-state index in [1.165, 1.54) is 12.1 Å². The van der Waals surface area contributed by atoms with Gasteiger partial charge in [-0.2, -0.15) is 13.2 Å². The van der Waals surface area contributed by atoms with Gasteiger partial charge in [0.2, 0.25) is 5.88 Å². The van der Waals surface area contributed by atoms with Gasteiger partial charge in [0.05, 0.1) is 6.42 Å². The number of hydrogen-bond donors (Lipinski definition) is 1. The third-order valence-corrected chi connectivity index (χ3v) is 2.95. The summed E-state index contributed by atoms with van der Waals surface area (Å²) >= 11 is 5.57. The van der Waals surface area contributed by atoms with E-state index < -0.39 is 23.3 Å². The Bertz CT molecular complexity index is 775. The van der Waals surface area contributed by atoms with E-state index in [0.29, 0.717) is 5.88 Å². The smallest absolute Gasteiger partial charge is 0.420 e. The molecule has 0 spiro atoms. The van der Waals surface area contributed by atoms with E-state index >= 15 is 0 Å². The zero-order valence-electron chi connectivity index (χ0n) is 12.0. The van der Waals surface area contributed by atoms with Gasteiger partial charge in [0.15, 0.2) is 5.56 Å². The zero-order chi connectivity index (χ0) is 17.7. The zero-order valence-corrected chi connectivity index (χ0v) is 12.7. The highest BCUT2D eigenvalue weighted by Crippen LogP contribution is 2.36. The van der Waals surface area contributed by atoms with Crippen LogP contribution in [0.3, 0.4) is 0 Å². The molecule has 1 N–H and O–H groups in total. The minimum absolute atomic E-state index is 0.0903. The van der Waals surface area contributed by atoms with Gasteiger partial charge >= 0.3 is 12.1 Å². The Morgan fingerprint density at radius 2 is 2.08 bits per heavy atom. The summed E-state index contributed by atoms with van der Waals surface area (Å²) in [4.78, 5) is 14.0. The van der Waals surface area contributed by atoms with Crippen LogP contribution in [-0.4, -0.2) is 21.6 Å². The van der Waals surface area contributed by atoms with Crippen LogP contribution in [0.15, 0.2) is 47.0 Å². The first-order valence-electron chi connectivity index (χ1n) is 6.58. The van der Waals surface area contributed by atoms with Crippen molar-refractivity contribution in [2.45, 2.75) is 18.2 Å². The van der Waals surface area contributed by atoms with E-state index in [0.717, 1.165) is 6.07 Å². The van der Waals surface area contributed by atoms with E-state index in [1.54, 1.807) is 24.4 Å². The molecule has 0 aromatic carbocycles. The minimum Gasteiger partial charge on any atom is -0.481 e. The summed E-state index contributed by atoms with van der Waals surface area (Å²) in [5.41, 5.74) is -1.39. The minimum atomic E-state index is -4.29. The van der Waals surface area contributed by atoms with Crippen molar-refractivity contribution in [1.29, 1.82) is 0 Å². The number of benzene rings is 1. The van der Waals surface area contributed by atoms with Crippen LogP contribution in [-0.2, 0) is 11.0 Å². The van der Waals surface area contributed by atoms with Crippen molar-refractivity contribution in [2.75, 3.05) is 0 Å². The number of furan rings is 2. The average Bonchev–Trinajstić information content (AvgIpc) is 3.10. The molecule has 0 saturated carbocycles. The fourth-order valence-corrected chi connectivity index (χ4v) is 1.96. The molecule has 5 nitrogen and oxygen atoms in total. The van der Waals surface area contributed by atoms with E-state index in [1.807, 2.05) is 0 Å². The topological polar surface area (TPSA) is 72.6 Å². The third-order valence-electron chi connectivity index (χ3n) is 2.71. The molecule has 24 heavy (non-hydrogen) atoms. The molecule has 3 aromatic heterocycles. The van der Waals surface area contributed by atoms with Crippen LogP contribution in [0.25, 0.3) is 11.2 Å². The van der Waals surface area contributed by atoms with E-state index in [2.05, 4.69) is 4.98 Å². The lowest BCUT2D eigenvalue weighted by Gasteiger charge is -2.08. The quantitative estimate of drug-likeness (QED) is 0.698. The van der Waals surface area contributed by atoms with Crippen LogP contribution >= 0.6 is 11.6 Å². The summed E-state index contributed by atoms with van der Waals surface area (Å²) in [6.45, 7) is 0. The summed E-state index contributed by atoms with van der Waals surface area (Å²) in [6.07, 6.45) is -3.00. The predicted molar refractivity (Wildman–Crippen MR) is 79.2 cm³/mol. The number of pyridine rings is 1. The molecule has 9 heteroatoms. The van der Waals surface area contributed by atoms with Crippen LogP contribution in [0, 0.1) is 0 Å². The summed E-state index contributed by atoms with van der Waals surface area (Å²) in [6, 6.07) is 8.88. The highest BCUT2D eigenvalue weighted by molar-refractivity contribution is 6.20. The summed E-state index contributed by atoms with van der Waals surface area (Å²) in [5, 5.41) is 8.38. The molecule has 0 radical (unpaired) electrons. The lowest BCUT2D eigenvalue weighted by molar-refractivity contribution is -0.138. The molecule has 0 aliphatic carbocycles. The first-order valence-corrected chi connectivity index (χ1v) is 7.02. The fourth-order valence-electron chi connectivity index (χ4n) is 1.74. The van der Waals surface area contributed by atoms with Crippen LogP contribution in [0.5, 0.6) is 5.88 Å². The number of hydrogen-bond acceptors (Lipinski definition) is 4. The Hall–Kier alpha value is -2.48. The van der Waals surface area contributed by atoms with Crippen molar-refractivity contribution < 1.29 is 32.2 Å². The summed E-state index contributed by atoms with van der Waals surface area (Å²) in [7, 11) is 0. The maximum atomic E-state index is 12.0. The molecule has 0 fully saturated rings. The Balaban J connectivity index is 0.000000175. The van der Waals surface area contributed by atoms with E-state index in [-0.39, 0.29) is 17.6 Å². The van der Waals surface area contributed by atoms with Crippen LogP contribution in [0.1, 0.15) is 12.0 Å². The molecule has 0 aliphatic heterocycles. The molecule has 1 atom stereocenters. The van der Waals surface area contributed by atoms with Gasteiger partial charge in [-0.3, -0.25) is 4.79 Å². The number of carbonyl (C=O) groups is 1. The number of aliphatic carboxylic acids is 1. The fraction of sp³-hybridized carbons (Fsp3) is 0.200. The standard InChI is InChI=1S/C8H8ClNO3.C7H3F3O/c9-6(5-8(11)12)13-7-3-1-2-4-10-7;8-7(9,10)5-3-4-1-2-6(5)11-4/h1-4,6H,5H2,(H,11,12);1-3H. The number of ether oxygens (including phenoxy) is 1. The predicted octanol–water partition coefficient (Wildman–Crippen LogP) is 4.39. The number of carboxylic acid groups (broad SMARTS) is 1. The number of nitrogens with zero attached hydrogens (tertiary/aromatic N) is 1. The SMILES string of the molecule is FC(F)(F)c1cc2ccc1o2.O=C(O)CC(Cl)Oc1ccccn1. The number of aromatic nitrogens is 1. The first kappa shape index (κ1) is 17.9.